The Morgan fingerprint density at radius 3 is 2.43 bits per heavy atom. The van der Waals surface area contributed by atoms with Crippen LogP contribution < -0.4 is 0 Å². The Balaban J connectivity index is 2.62. The molecule has 2 nitrogen and oxygen atoms in total. The number of hydrogen-bond donors (Lipinski definition) is 0. The van der Waals surface area contributed by atoms with Crippen molar-refractivity contribution in [2.24, 2.45) is 17.8 Å². The maximum Gasteiger partial charge on any atom is 0.333 e. The molecule has 0 aromatic carbocycles. The molecule has 0 aromatic rings. The van der Waals surface area contributed by atoms with Crippen LogP contribution in [0.1, 0.15) is 33.6 Å². The van der Waals surface area contributed by atoms with E-state index in [0.29, 0.717) is 11.8 Å². The van der Waals surface area contributed by atoms with E-state index in [1.54, 1.807) is 0 Å². The van der Waals surface area contributed by atoms with Gasteiger partial charge in [-0.15, -0.1) is 0 Å². The smallest absolute Gasteiger partial charge is 0.333 e. The minimum Gasteiger partial charge on any atom is -0.466 e. The van der Waals surface area contributed by atoms with Crippen LogP contribution in [0.5, 0.6) is 0 Å². The van der Waals surface area contributed by atoms with Crippen molar-refractivity contribution >= 4 is 5.97 Å². The summed E-state index contributed by atoms with van der Waals surface area (Å²) in [4.78, 5) is 11.2. The topological polar surface area (TPSA) is 26.3 Å². The minimum absolute atomic E-state index is 0.197. The summed E-state index contributed by atoms with van der Waals surface area (Å²) in [6, 6.07) is 0. The second-order valence-electron chi connectivity index (χ2n) is 4.56. The highest BCUT2D eigenvalue weighted by atomic mass is 16.5. The Labute approximate surface area is 86.3 Å². The first kappa shape index (κ1) is 11.3. The van der Waals surface area contributed by atoms with Crippen molar-refractivity contribution in [3.05, 3.63) is 11.6 Å². The molecule has 0 heterocycles. The Hall–Kier alpha value is -0.790. The lowest BCUT2D eigenvalue weighted by Crippen LogP contribution is -2.06. The van der Waals surface area contributed by atoms with E-state index in [1.165, 1.54) is 20.0 Å². The fourth-order valence-electron chi connectivity index (χ4n) is 2.39. The van der Waals surface area contributed by atoms with Gasteiger partial charge in [-0.1, -0.05) is 19.9 Å². The zero-order valence-electron chi connectivity index (χ0n) is 9.54. The molecule has 3 atom stereocenters. The van der Waals surface area contributed by atoms with E-state index in [-0.39, 0.29) is 5.97 Å². The monoisotopic (exact) mass is 196 g/mol. The standard InChI is InChI=1S/C12H20O2/c1-8-5-9(2)11(6-8)7-10(3)12(13)14-4/h7-9,11H,5-6H2,1-4H3. The molecule has 1 aliphatic carbocycles. The van der Waals surface area contributed by atoms with E-state index in [4.69, 9.17) is 0 Å². The summed E-state index contributed by atoms with van der Waals surface area (Å²) >= 11 is 0. The maximum atomic E-state index is 11.2. The van der Waals surface area contributed by atoms with E-state index < -0.39 is 0 Å². The Kier molecular flexibility index (Phi) is 3.73. The fourth-order valence-corrected chi connectivity index (χ4v) is 2.39. The van der Waals surface area contributed by atoms with Crippen molar-refractivity contribution < 1.29 is 9.53 Å². The summed E-state index contributed by atoms with van der Waals surface area (Å²) in [7, 11) is 1.43. The summed E-state index contributed by atoms with van der Waals surface area (Å²) in [6.45, 7) is 6.37. The van der Waals surface area contributed by atoms with E-state index >= 15 is 0 Å². The Morgan fingerprint density at radius 2 is 2.00 bits per heavy atom. The molecule has 0 bridgehead atoms. The second-order valence-corrected chi connectivity index (χ2v) is 4.56. The number of carbonyl (C=O) groups excluding carboxylic acids is 1. The molecule has 1 fully saturated rings. The van der Waals surface area contributed by atoms with Gasteiger partial charge < -0.3 is 4.74 Å². The number of methoxy groups -OCH3 is 1. The summed E-state index contributed by atoms with van der Waals surface area (Å²) in [5.41, 5.74) is 0.749. The molecule has 0 aliphatic heterocycles. The van der Waals surface area contributed by atoms with Gasteiger partial charge >= 0.3 is 5.97 Å². The lowest BCUT2D eigenvalue weighted by Gasteiger charge is -2.10. The molecule has 1 saturated carbocycles. The van der Waals surface area contributed by atoms with Crippen LogP contribution in [0.2, 0.25) is 0 Å². The van der Waals surface area contributed by atoms with Crippen LogP contribution in [0, 0.1) is 17.8 Å². The average molecular weight is 196 g/mol. The van der Waals surface area contributed by atoms with Crippen LogP contribution in [0.4, 0.5) is 0 Å². The van der Waals surface area contributed by atoms with Gasteiger partial charge in [0.15, 0.2) is 0 Å². The first-order chi connectivity index (χ1) is 6.54. The molecular formula is C12H20O2. The molecule has 0 aromatic heterocycles. The number of rotatable bonds is 2. The number of ether oxygens (including phenoxy) is 1. The summed E-state index contributed by atoms with van der Waals surface area (Å²) in [5.74, 6) is 1.85. The SMILES string of the molecule is COC(=O)C(C)=CC1CC(C)CC1C. The van der Waals surface area contributed by atoms with Gasteiger partial charge in [0.05, 0.1) is 7.11 Å². The molecule has 2 heteroatoms. The lowest BCUT2D eigenvalue weighted by molar-refractivity contribution is -0.136. The van der Waals surface area contributed by atoms with Gasteiger partial charge in [0.25, 0.3) is 0 Å². The van der Waals surface area contributed by atoms with Gasteiger partial charge in [-0.3, -0.25) is 0 Å². The molecule has 1 aliphatic rings. The summed E-state index contributed by atoms with van der Waals surface area (Å²) < 4.78 is 4.68. The van der Waals surface area contributed by atoms with Crippen LogP contribution >= 0.6 is 0 Å². The summed E-state index contributed by atoms with van der Waals surface area (Å²) in [5, 5.41) is 0. The fraction of sp³-hybridized carbons (Fsp3) is 0.750. The number of esters is 1. The molecule has 80 valence electrons. The Morgan fingerprint density at radius 1 is 1.36 bits per heavy atom. The highest BCUT2D eigenvalue weighted by Gasteiger charge is 2.27. The highest BCUT2D eigenvalue weighted by molar-refractivity contribution is 5.87. The van der Waals surface area contributed by atoms with E-state index in [2.05, 4.69) is 24.7 Å². The maximum absolute atomic E-state index is 11.2. The first-order valence-corrected chi connectivity index (χ1v) is 5.31. The zero-order chi connectivity index (χ0) is 10.7. The van der Waals surface area contributed by atoms with Crippen LogP contribution in [0.15, 0.2) is 11.6 Å². The molecule has 14 heavy (non-hydrogen) atoms. The van der Waals surface area contributed by atoms with Crippen molar-refractivity contribution in [3.63, 3.8) is 0 Å². The normalized spacial score (nSPS) is 33.1. The van der Waals surface area contributed by atoms with Crippen LogP contribution in [0.3, 0.4) is 0 Å². The summed E-state index contributed by atoms with van der Waals surface area (Å²) in [6.07, 6.45) is 4.56. The molecule has 0 amide bonds. The molecular weight excluding hydrogens is 176 g/mol. The van der Waals surface area contributed by atoms with Crippen molar-refractivity contribution in [2.45, 2.75) is 33.6 Å². The molecule has 1 rings (SSSR count). The van der Waals surface area contributed by atoms with Crippen LogP contribution in [0.25, 0.3) is 0 Å². The highest BCUT2D eigenvalue weighted by Crippen LogP contribution is 2.37. The molecule has 0 N–H and O–H groups in total. The van der Waals surface area contributed by atoms with Gasteiger partial charge in [0.2, 0.25) is 0 Å². The second kappa shape index (κ2) is 4.63. The quantitative estimate of drug-likeness (QED) is 0.501. The van der Waals surface area contributed by atoms with Gasteiger partial charge in [-0.2, -0.15) is 0 Å². The third-order valence-electron chi connectivity index (χ3n) is 3.15. The molecule has 3 unspecified atom stereocenters. The molecule has 0 radical (unpaired) electrons. The third-order valence-corrected chi connectivity index (χ3v) is 3.15. The van der Waals surface area contributed by atoms with Gasteiger partial charge in [0.1, 0.15) is 0 Å². The first-order valence-electron chi connectivity index (χ1n) is 5.31. The Bertz CT molecular complexity index is 243. The van der Waals surface area contributed by atoms with Crippen molar-refractivity contribution in [2.75, 3.05) is 7.11 Å². The van der Waals surface area contributed by atoms with Gasteiger partial charge in [-0.25, -0.2) is 4.79 Å². The third kappa shape index (κ3) is 2.60. The van der Waals surface area contributed by atoms with E-state index in [9.17, 15) is 4.79 Å². The number of allylic oxidation sites excluding steroid dienone is 1. The van der Waals surface area contributed by atoms with Gasteiger partial charge in [-0.05, 0) is 37.5 Å². The van der Waals surface area contributed by atoms with Crippen LogP contribution in [-0.2, 0) is 9.53 Å². The largest absolute Gasteiger partial charge is 0.466 e. The average Bonchev–Trinajstić information content (AvgIpc) is 2.44. The number of hydrogen-bond acceptors (Lipinski definition) is 2. The minimum atomic E-state index is -0.197. The van der Waals surface area contributed by atoms with E-state index in [0.717, 1.165) is 11.5 Å². The lowest BCUT2D eigenvalue weighted by atomic mass is 9.96. The van der Waals surface area contributed by atoms with Crippen molar-refractivity contribution in [1.29, 1.82) is 0 Å². The predicted octanol–water partition coefficient (Wildman–Crippen LogP) is 2.79. The van der Waals surface area contributed by atoms with Crippen LogP contribution in [-0.4, -0.2) is 13.1 Å². The zero-order valence-corrected chi connectivity index (χ0v) is 9.54. The van der Waals surface area contributed by atoms with Crippen molar-refractivity contribution in [3.8, 4) is 0 Å². The van der Waals surface area contributed by atoms with Crippen molar-refractivity contribution in [1.82, 2.24) is 0 Å². The van der Waals surface area contributed by atoms with E-state index in [1.807, 2.05) is 6.92 Å². The van der Waals surface area contributed by atoms with Gasteiger partial charge in [0, 0.05) is 5.57 Å². The molecule has 0 spiro atoms. The number of carbonyl (C=O) groups is 1. The molecule has 0 saturated heterocycles. The predicted molar refractivity (Wildman–Crippen MR) is 56.8 cm³/mol.